The Bertz CT molecular complexity index is 667. The van der Waals surface area contributed by atoms with E-state index in [2.05, 4.69) is 46.9 Å². The maximum atomic E-state index is 12.6. The number of hydrogen-bond acceptors (Lipinski definition) is 4. The number of likely N-dealkylation sites (tertiary alicyclic amines) is 1. The first-order valence-electron chi connectivity index (χ1n) is 10.7. The van der Waals surface area contributed by atoms with Crippen molar-refractivity contribution in [2.45, 2.75) is 64.1 Å². The summed E-state index contributed by atoms with van der Waals surface area (Å²) in [7, 11) is 2.26. The Labute approximate surface area is 163 Å². The molecule has 2 aliphatic heterocycles. The quantitative estimate of drug-likeness (QED) is 0.795. The van der Waals surface area contributed by atoms with Crippen LogP contribution in [0.1, 0.15) is 57.6 Å². The van der Waals surface area contributed by atoms with E-state index in [1.807, 2.05) is 10.9 Å². The molecule has 0 unspecified atom stereocenters. The van der Waals surface area contributed by atoms with Crippen molar-refractivity contribution in [1.82, 2.24) is 24.5 Å². The normalized spacial score (nSPS) is 28.3. The molecular weight excluding hydrogens is 338 g/mol. The molecule has 1 atom stereocenters. The summed E-state index contributed by atoms with van der Waals surface area (Å²) in [6.45, 7) is 10.4. The van der Waals surface area contributed by atoms with Gasteiger partial charge in [0, 0.05) is 69.0 Å². The van der Waals surface area contributed by atoms with Gasteiger partial charge in [-0.3, -0.25) is 19.3 Å². The third-order valence-corrected chi connectivity index (χ3v) is 6.85. The van der Waals surface area contributed by atoms with Crippen molar-refractivity contribution < 1.29 is 4.79 Å². The van der Waals surface area contributed by atoms with E-state index in [1.54, 1.807) is 0 Å². The van der Waals surface area contributed by atoms with E-state index >= 15 is 0 Å². The van der Waals surface area contributed by atoms with E-state index < -0.39 is 0 Å². The molecule has 1 aliphatic carbocycles. The molecule has 0 aromatic carbocycles. The predicted octanol–water partition coefficient (Wildman–Crippen LogP) is 2.37. The Balaban J connectivity index is 1.42. The second kappa shape index (κ2) is 7.55. The maximum absolute atomic E-state index is 12.6. The van der Waals surface area contributed by atoms with Crippen LogP contribution in [0, 0.1) is 5.92 Å². The molecule has 0 N–H and O–H groups in total. The zero-order valence-electron chi connectivity index (χ0n) is 17.2. The molecule has 3 heterocycles. The fourth-order valence-corrected chi connectivity index (χ4v) is 4.71. The lowest BCUT2D eigenvalue weighted by Crippen LogP contribution is -2.60. The number of nitrogens with zero attached hydrogens (tertiary/aromatic N) is 5. The minimum atomic E-state index is 0.139. The molecule has 2 saturated heterocycles. The Morgan fingerprint density at radius 1 is 1.22 bits per heavy atom. The molecule has 1 saturated carbocycles. The smallest absolute Gasteiger partial charge is 0.222 e. The lowest BCUT2D eigenvalue weighted by molar-refractivity contribution is -0.131. The minimum absolute atomic E-state index is 0.139. The van der Waals surface area contributed by atoms with Gasteiger partial charge in [0.05, 0.1) is 6.20 Å². The Morgan fingerprint density at radius 2 is 2.04 bits per heavy atom. The van der Waals surface area contributed by atoms with Gasteiger partial charge in [-0.05, 0) is 52.5 Å². The SMILES string of the molecule is CC(C)n1cc(CN2CCN(C)[C@@]3(CCC(=O)N(CC4CC4)CC3)C2)cn1. The third-order valence-electron chi connectivity index (χ3n) is 6.85. The van der Waals surface area contributed by atoms with Crippen LogP contribution in [0.15, 0.2) is 12.4 Å². The fraction of sp³-hybridized carbons (Fsp3) is 0.810. The highest BCUT2D eigenvalue weighted by Crippen LogP contribution is 2.35. The van der Waals surface area contributed by atoms with Crippen LogP contribution in [0.3, 0.4) is 0 Å². The van der Waals surface area contributed by atoms with Gasteiger partial charge in [0.2, 0.25) is 5.91 Å². The van der Waals surface area contributed by atoms with Gasteiger partial charge >= 0.3 is 0 Å². The van der Waals surface area contributed by atoms with Gasteiger partial charge in [0.15, 0.2) is 0 Å². The van der Waals surface area contributed by atoms with Crippen LogP contribution < -0.4 is 0 Å². The summed E-state index contributed by atoms with van der Waals surface area (Å²) >= 11 is 0. The lowest BCUT2D eigenvalue weighted by atomic mass is 9.86. The molecule has 1 aromatic rings. The molecule has 1 spiro atoms. The highest BCUT2D eigenvalue weighted by atomic mass is 16.2. The van der Waals surface area contributed by atoms with Crippen LogP contribution in [-0.4, -0.2) is 75.7 Å². The van der Waals surface area contributed by atoms with Crippen molar-refractivity contribution in [2.75, 3.05) is 39.8 Å². The van der Waals surface area contributed by atoms with Crippen LogP contribution in [0.4, 0.5) is 0 Å². The van der Waals surface area contributed by atoms with Gasteiger partial charge < -0.3 is 4.90 Å². The fourth-order valence-electron chi connectivity index (χ4n) is 4.71. The monoisotopic (exact) mass is 373 g/mol. The molecule has 4 rings (SSSR count). The van der Waals surface area contributed by atoms with E-state index in [1.165, 1.54) is 18.4 Å². The lowest BCUT2D eigenvalue weighted by Gasteiger charge is -2.49. The van der Waals surface area contributed by atoms with E-state index in [0.717, 1.165) is 58.0 Å². The van der Waals surface area contributed by atoms with Crippen molar-refractivity contribution >= 4 is 5.91 Å². The average Bonchev–Trinajstić information content (AvgIpc) is 3.36. The minimum Gasteiger partial charge on any atom is -0.342 e. The maximum Gasteiger partial charge on any atom is 0.222 e. The molecule has 27 heavy (non-hydrogen) atoms. The summed E-state index contributed by atoms with van der Waals surface area (Å²) in [6, 6.07) is 0.405. The summed E-state index contributed by atoms with van der Waals surface area (Å²) < 4.78 is 2.04. The van der Waals surface area contributed by atoms with Gasteiger partial charge in [0.25, 0.3) is 0 Å². The molecular formula is C21H35N5O. The summed E-state index contributed by atoms with van der Waals surface area (Å²) in [4.78, 5) is 19.9. The first-order valence-corrected chi connectivity index (χ1v) is 10.7. The first kappa shape index (κ1) is 18.9. The van der Waals surface area contributed by atoms with E-state index in [4.69, 9.17) is 0 Å². The van der Waals surface area contributed by atoms with Gasteiger partial charge in [-0.25, -0.2) is 0 Å². The van der Waals surface area contributed by atoms with E-state index in [0.29, 0.717) is 18.4 Å². The van der Waals surface area contributed by atoms with Crippen molar-refractivity contribution in [1.29, 1.82) is 0 Å². The Hall–Kier alpha value is -1.40. The standard InChI is InChI=1S/C21H35N5O/c1-17(2)26-15-19(12-22-26)13-24-11-10-23(3)21(16-24)7-6-20(27)25(9-8-21)14-18-4-5-18/h12,15,17-18H,4-11,13-14,16H2,1-3H3/t21-/m1/s1. The second-order valence-corrected chi connectivity index (χ2v) is 9.31. The van der Waals surface area contributed by atoms with Crippen LogP contribution in [0.25, 0.3) is 0 Å². The zero-order valence-corrected chi connectivity index (χ0v) is 17.2. The zero-order chi connectivity index (χ0) is 19.0. The van der Waals surface area contributed by atoms with Crippen LogP contribution >= 0.6 is 0 Å². The van der Waals surface area contributed by atoms with E-state index in [-0.39, 0.29) is 5.54 Å². The van der Waals surface area contributed by atoms with Crippen molar-refractivity contribution in [3.63, 3.8) is 0 Å². The van der Waals surface area contributed by atoms with Gasteiger partial charge in [0.1, 0.15) is 0 Å². The highest BCUT2D eigenvalue weighted by Gasteiger charge is 2.42. The number of carbonyl (C=O) groups is 1. The van der Waals surface area contributed by atoms with Crippen molar-refractivity contribution in [3.05, 3.63) is 18.0 Å². The molecule has 6 nitrogen and oxygen atoms in total. The van der Waals surface area contributed by atoms with Crippen LogP contribution in [-0.2, 0) is 11.3 Å². The molecule has 150 valence electrons. The molecule has 1 amide bonds. The molecule has 3 aliphatic rings. The number of likely N-dealkylation sites (N-methyl/N-ethyl adjacent to an activating group) is 1. The Kier molecular flexibility index (Phi) is 5.30. The summed E-state index contributed by atoms with van der Waals surface area (Å²) in [6.07, 6.45) is 9.62. The Morgan fingerprint density at radius 3 is 2.74 bits per heavy atom. The third kappa shape index (κ3) is 4.21. The van der Waals surface area contributed by atoms with Crippen molar-refractivity contribution in [3.8, 4) is 0 Å². The molecule has 0 bridgehead atoms. The first-order chi connectivity index (χ1) is 12.9. The number of piperazine rings is 1. The van der Waals surface area contributed by atoms with Crippen LogP contribution in [0.2, 0.25) is 0 Å². The largest absolute Gasteiger partial charge is 0.342 e. The molecule has 6 heteroatoms. The number of aromatic nitrogens is 2. The number of amides is 1. The summed E-state index contributed by atoms with van der Waals surface area (Å²) in [5.41, 5.74) is 1.43. The van der Waals surface area contributed by atoms with Crippen LogP contribution in [0.5, 0.6) is 0 Å². The highest BCUT2D eigenvalue weighted by molar-refractivity contribution is 5.76. The topological polar surface area (TPSA) is 44.6 Å². The molecule has 3 fully saturated rings. The molecule has 1 aromatic heterocycles. The summed E-state index contributed by atoms with van der Waals surface area (Å²) in [5.74, 6) is 1.16. The number of hydrogen-bond donors (Lipinski definition) is 0. The van der Waals surface area contributed by atoms with Crippen molar-refractivity contribution in [2.24, 2.45) is 5.92 Å². The average molecular weight is 374 g/mol. The number of rotatable bonds is 5. The number of carbonyl (C=O) groups excluding carboxylic acids is 1. The van der Waals surface area contributed by atoms with Gasteiger partial charge in [-0.1, -0.05) is 0 Å². The molecule has 0 radical (unpaired) electrons. The van der Waals surface area contributed by atoms with E-state index in [9.17, 15) is 4.79 Å². The second-order valence-electron chi connectivity index (χ2n) is 9.31. The summed E-state index contributed by atoms with van der Waals surface area (Å²) in [5, 5.41) is 4.50. The van der Waals surface area contributed by atoms with Gasteiger partial charge in [-0.15, -0.1) is 0 Å². The predicted molar refractivity (Wildman–Crippen MR) is 106 cm³/mol. The van der Waals surface area contributed by atoms with Gasteiger partial charge in [-0.2, -0.15) is 5.10 Å².